The van der Waals surface area contributed by atoms with E-state index >= 15 is 0 Å². The summed E-state index contributed by atoms with van der Waals surface area (Å²) in [5.41, 5.74) is -0.0384. The van der Waals surface area contributed by atoms with Crippen LogP contribution in [0.2, 0.25) is 0 Å². The molecular formula is C9H8FNO4. The van der Waals surface area contributed by atoms with E-state index in [0.29, 0.717) is 6.29 Å². The fourth-order valence-electron chi connectivity index (χ4n) is 1.01. The summed E-state index contributed by atoms with van der Waals surface area (Å²) in [7, 11) is 0. The maximum absolute atomic E-state index is 11.8. The van der Waals surface area contributed by atoms with Crippen molar-refractivity contribution >= 4 is 12.0 Å². The van der Waals surface area contributed by atoms with Crippen LogP contribution in [0.5, 0.6) is 5.75 Å². The summed E-state index contributed by atoms with van der Waals surface area (Å²) in [5.74, 6) is 0.0249. The second kappa shape index (κ2) is 5.04. The summed E-state index contributed by atoms with van der Waals surface area (Å²) < 4.78 is 16.7. The van der Waals surface area contributed by atoms with Gasteiger partial charge in [-0.2, -0.15) is 0 Å². The van der Waals surface area contributed by atoms with Crippen LogP contribution >= 0.6 is 0 Å². The van der Waals surface area contributed by atoms with Gasteiger partial charge >= 0.3 is 0 Å². The van der Waals surface area contributed by atoms with Gasteiger partial charge in [0.1, 0.15) is 19.0 Å². The molecule has 0 fully saturated rings. The molecule has 6 heteroatoms. The molecule has 0 bridgehead atoms. The maximum atomic E-state index is 11.8. The largest absolute Gasteiger partial charge is 0.490 e. The zero-order valence-electron chi connectivity index (χ0n) is 7.68. The number of hydrogen-bond acceptors (Lipinski definition) is 4. The number of hydrogen-bond donors (Lipinski definition) is 0. The van der Waals surface area contributed by atoms with Gasteiger partial charge in [0.25, 0.3) is 5.69 Å². The lowest BCUT2D eigenvalue weighted by Crippen LogP contribution is -2.02. The number of nitro groups is 1. The summed E-state index contributed by atoms with van der Waals surface area (Å²) in [6, 6.07) is 3.55. The highest BCUT2D eigenvalue weighted by Crippen LogP contribution is 2.23. The molecule has 0 radical (unpaired) electrons. The lowest BCUT2D eigenvalue weighted by Gasteiger charge is -2.05. The van der Waals surface area contributed by atoms with Crippen LogP contribution < -0.4 is 4.74 Å². The monoisotopic (exact) mass is 213 g/mol. The Morgan fingerprint density at radius 3 is 2.80 bits per heavy atom. The highest BCUT2D eigenvalue weighted by Gasteiger charge is 2.11. The number of ether oxygens (including phenoxy) is 1. The molecular weight excluding hydrogens is 205 g/mol. The second-order valence-corrected chi connectivity index (χ2v) is 2.63. The van der Waals surface area contributed by atoms with E-state index < -0.39 is 11.6 Å². The number of nitro benzene ring substituents is 1. The molecule has 1 rings (SSSR count). The summed E-state index contributed by atoms with van der Waals surface area (Å²) in [6.45, 7) is -0.955. The molecule has 0 saturated heterocycles. The second-order valence-electron chi connectivity index (χ2n) is 2.63. The maximum Gasteiger partial charge on any atom is 0.273 e. The minimum absolute atomic E-state index is 0.0249. The smallest absolute Gasteiger partial charge is 0.273 e. The zero-order chi connectivity index (χ0) is 11.3. The minimum Gasteiger partial charge on any atom is -0.490 e. The first-order valence-electron chi connectivity index (χ1n) is 4.11. The van der Waals surface area contributed by atoms with Crippen molar-refractivity contribution < 1.29 is 18.8 Å². The van der Waals surface area contributed by atoms with Crippen LogP contribution in [0.1, 0.15) is 10.4 Å². The van der Waals surface area contributed by atoms with Crippen LogP contribution in [-0.4, -0.2) is 24.5 Å². The molecule has 0 aliphatic heterocycles. The molecule has 0 unspecified atom stereocenters. The molecule has 0 saturated carbocycles. The van der Waals surface area contributed by atoms with Crippen LogP contribution in [0.4, 0.5) is 10.1 Å². The molecule has 0 N–H and O–H groups in total. The fraction of sp³-hybridized carbons (Fsp3) is 0.222. The molecule has 0 amide bonds. The first-order chi connectivity index (χ1) is 7.19. The first kappa shape index (κ1) is 11.1. The number of carbonyl (C=O) groups excluding carboxylic acids is 1. The Hall–Kier alpha value is -1.98. The topological polar surface area (TPSA) is 69.4 Å². The van der Waals surface area contributed by atoms with Crippen molar-refractivity contribution in [2.45, 2.75) is 0 Å². The van der Waals surface area contributed by atoms with Crippen molar-refractivity contribution in [3.8, 4) is 5.75 Å². The van der Waals surface area contributed by atoms with Crippen LogP contribution in [0.25, 0.3) is 0 Å². The number of rotatable bonds is 5. The van der Waals surface area contributed by atoms with E-state index in [1.54, 1.807) is 0 Å². The van der Waals surface area contributed by atoms with Crippen LogP contribution in [0, 0.1) is 10.1 Å². The van der Waals surface area contributed by atoms with Gasteiger partial charge in [-0.25, -0.2) is 4.39 Å². The highest BCUT2D eigenvalue weighted by atomic mass is 19.1. The quantitative estimate of drug-likeness (QED) is 0.424. The number of halogens is 1. The Labute approximate surface area is 84.6 Å². The molecule has 0 heterocycles. The summed E-state index contributed by atoms with van der Waals surface area (Å²) in [4.78, 5) is 20.3. The predicted octanol–water partition coefficient (Wildman–Crippen LogP) is 1.76. The number of alkyl halides is 1. The van der Waals surface area contributed by atoms with Crippen molar-refractivity contribution in [3.05, 3.63) is 33.9 Å². The number of aldehydes is 1. The number of carbonyl (C=O) groups is 1. The third-order valence-electron chi connectivity index (χ3n) is 1.67. The lowest BCUT2D eigenvalue weighted by atomic mass is 10.2. The van der Waals surface area contributed by atoms with Gasteiger partial charge in [0.05, 0.1) is 16.6 Å². The normalized spacial score (nSPS) is 9.67. The van der Waals surface area contributed by atoms with E-state index in [-0.39, 0.29) is 23.6 Å². The van der Waals surface area contributed by atoms with E-state index in [0.717, 1.165) is 6.07 Å². The van der Waals surface area contributed by atoms with E-state index in [2.05, 4.69) is 0 Å². The molecule has 15 heavy (non-hydrogen) atoms. The Bertz CT molecular complexity index is 380. The van der Waals surface area contributed by atoms with E-state index in [4.69, 9.17) is 4.74 Å². The average Bonchev–Trinajstić information content (AvgIpc) is 2.25. The molecule has 0 atom stereocenters. The molecule has 80 valence electrons. The summed E-state index contributed by atoms with van der Waals surface area (Å²) in [5, 5.41) is 10.4. The number of benzene rings is 1. The third kappa shape index (κ3) is 2.73. The Morgan fingerprint density at radius 1 is 1.53 bits per heavy atom. The molecule has 0 aliphatic rings. The van der Waals surface area contributed by atoms with Crippen molar-refractivity contribution in [1.82, 2.24) is 0 Å². The SMILES string of the molecule is O=Cc1ccc([N+](=O)[O-])cc1OCCF. The van der Waals surface area contributed by atoms with Crippen molar-refractivity contribution in [3.63, 3.8) is 0 Å². The van der Waals surface area contributed by atoms with Crippen molar-refractivity contribution in [2.24, 2.45) is 0 Å². The van der Waals surface area contributed by atoms with Crippen LogP contribution in [0.15, 0.2) is 18.2 Å². The molecule has 0 spiro atoms. The first-order valence-corrected chi connectivity index (χ1v) is 4.11. The summed E-state index contributed by atoms with van der Waals surface area (Å²) in [6.07, 6.45) is 0.497. The number of non-ortho nitro benzene ring substituents is 1. The summed E-state index contributed by atoms with van der Waals surface area (Å²) >= 11 is 0. The van der Waals surface area contributed by atoms with E-state index in [1.807, 2.05) is 0 Å². The van der Waals surface area contributed by atoms with Gasteiger partial charge in [0.2, 0.25) is 0 Å². The van der Waals surface area contributed by atoms with E-state index in [9.17, 15) is 19.3 Å². The molecule has 1 aromatic carbocycles. The molecule has 5 nitrogen and oxygen atoms in total. The third-order valence-corrected chi connectivity index (χ3v) is 1.67. The Kier molecular flexibility index (Phi) is 3.73. The van der Waals surface area contributed by atoms with Crippen LogP contribution in [-0.2, 0) is 0 Å². The lowest BCUT2D eigenvalue weighted by molar-refractivity contribution is -0.384. The zero-order valence-corrected chi connectivity index (χ0v) is 7.68. The van der Waals surface area contributed by atoms with Gasteiger partial charge in [0.15, 0.2) is 6.29 Å². The molecule has 0 aliphatic carbocycles. The van der Waals surface area contributed by atoms with Gasteiger partial charge in [-0.05, 0) is 6.07 Å². The minimum atomic E-state index is -0.721. The predicted molar refractivity (Wildman–Crippen MR) is 50.0 cm³/mol. The standard InChI is InChI=1S/C9H8FNO4/c10-3-4-15-9-5-8(11(13)14)2-1-7(9)6-12/h1-2,5-6H,3-4H2. The van der Waals surface area contributed by atoms with Crippen LogP contribution in [0.3, 0.4) is 0 Å². The highest BCUT2D eigenvalue weighted by molar-refractivity contribution is 5.80. The van der Waals surface area contributed by atoms with Gasteiger partial charge in [-0.3, -0.25) is 14.9 Å². The average molecular weight is 213 g/mol. The Balaban J connectivity index is 3.01. The van der Waals surface area contributed by atoms with Crippen molar-refractivity contribution in [1.29, 1.82) is 0 Å². The van der Waals surface area contributed by atoms with E-state index in [1.165, 1.54) is 12.1 Å². The van der Waals surface area contributed by atoms with Gasteiger partial charge in [0, 0.05) is 6.07 Å². The van der Waals surface area contributed by atoms with Gasteiger partial charge in [-0.15, -0.1) is 0 Å². The fourth-order valence-corrected chi connectivity index (χ4v) is 1.01. The Morgan fingerprint density at radius 2 is 2.27 bits per heavy atom. The molecule has 1 aromatic rings. The van der Waals surface area contributed by atoms with Crippen molar-refractivity contribution in [2.75, 3.05) is 13.3 Å². The number of nitrogens with zero attached hydrogens (tertiary/aromatic N) is 1. The van der Waals surface area contributed by atoms with Gasteiger partial charge < -0.3 is 4.74 Å². The molecule has 0 aromatic heterocycles. The van der Waals surface area contributed by atoms with Gasteiger partial charge in [-0.1, -0.05) is 0 Å².